The second-order valence-corrected chi connectivity index (χ2v) is 5.26. The van der Waals surface area contributed by atoms with E-state index in [4.69, 9.17) is 9.47 Å². The Balaban J connectivity index is 2.43. The van der Waals surface area contributed by atoms with E-state index in [9.17, 15) is 0 Å². The zero-order chi connectivity index (χ0) is 14.6. The molecule has 0 aromatic carbocycles. The van der Waals surface area contributed by atoms with Crippen molar-refractivity contribution in [2.45, 2.75) is 27.3 Å². The zero-order valence-electron chi connectivity index (χ0n) is 12.7. The van der Waals surface area contributed by atoms with Crippen molar-refractivity contribution in [2.24, 2.45) is 0 Å². The quantitative estimate of drug-likeness (QED) is 0.595. The summed E-state index contributed by atoms with van der Waals surface area (Å²) in [6.07, 6.45) is 0. The topological polar surface area (TPSA) is 59.5 Å². The largest absolute Gasteiger partial charge is 0.380 e. The van der Waals surface area contributed by atoms with Crippen LogP contribution in [0.15, 0.2) is 0 Å². The monoisotopic (exact) mass is 302 g/mol. The molecule has 0 unspecified atom stereocenters. The lowest BCUT2D eigenvalue weighted by molar-refractivity contribution is 0.0796. The molecule has 0 radical (unpaired) electrons. The van der Waals surface area contributed by atoms with Gasteiger partial charge in [0.15, 0.2) is 0 Å². The third-order valence-electron chi connectivity index (χ3n) is 2.67. The Morgan fingerprint density at radius 3 is 2.25 bits per heavy atom. The van der Waals surface area contributed by atoms with Crippen LogP contribution in [-0.2, 0) is 16.0 Å². The summed E-state index contributed by atoms with van der Waals surface area (Å²) >= 11 is 1.61. The fourth-order valence-corrected chi connectivity index (χ4v) is 2.53. The molecule has 1 N–H and O–H groups in total. The number of hydrogen-bond donors (Lipinski definition) is 1. The van der Waals surface area contributed by atoms with Gasteiger partial charge in [0.05, 0.1) is 19.8 Å². The maximum absolute atomic E-state index is 5.42. The van der Waals surface area contributed by atoms with E-state index in [1.807, 2.05) is 13.8 Å². The molecular weight excluding hydrogens is 276 g/mol. The molecule has 0 bridgehead atoms. The Labute approximate surface area is 125 Å². The molecule has 7 heteroatoms. The third-order valence-corrected chi connectivity index (χ3v) is 3.53. The summed E-state index contributed by atoms with van der Waals surface area (Å²) in [5.74, 6) is 0. The van der Waals surface area contributed by atoms with Crippen LogP contribution in [0.3, 0.4) is 0 Å². The van der Waals surface area contributed by atoms with Crippen LogP contribution >= 0.6 is 11.3 Å². The number of ether oxygens (including phenoxy) is 2. The summed E-state index contributed by atoms with van der Waals surface area (Å²) in [6, 6.07) is 0. The second-order valence-electron chi connectivity index (χ2n) is 4.20. The van der Waals surface area contributed by atoms with Gasteiger partial charge in [0.25, 0.3) is 0 Å². The number of hydrogen-bond acceptors (Lipinski definition) is 7. The molecule has 6 nitrogen and oxygen atoms in total. The molecule has 0 amide bonds. The Morgan fingerprint density at radius 2 is 1.70 bits per heavy atom. The predicted molar refractivity (Wildman–Crippen MR) is 82.3 cm³/mol. The predicted octanol–water partition coefficient (Wildman–Crippen LogP) is 1.84. The number of nitrogens with zero attached hydrogens (tertiary/aromatic N) is 3. The van der Waals surface area contributed by atoms with Crippen LogP contribution in [0.1, 0.15) is 25.8 Å². The molecule has 116 valence electrons. The number of rotatable bonds is 12. The van der Waals surface area contributed by atoms with Gasteiger partial charge >= 0.3 is 0 Å². The molecule has 0 saturated heterocycles. The van der Waals surface area contributed by atoms with Gasteiger partial charge < -0.3 is 14.8 Å². The first kappa shape index (κ1) is 17.3. The van der Waals surface area contributed by atoms with Crippen molar-refractivity contribution in [3.63, 3.8) is 0 Å². The Morgan fingerprint density at radius 1 is 1.05 bits per heavy atom. The van der Waals surface area contributed by atoms with Gasteiger partial charge in [-0.1, -0.05) is 11.3 Å². The van der Waals surface area contributed by atoms with Gasteiger partial charge in [-0.15, -0.1) is 10.2 Å². The van der Waals surface area contributed by atoms with Gasteiger partial charge in [-0.2, -0.15) is 0 Å². The minimum absolute atomic E-state index is 0.738. The van der Waals surface area contributed by atoms with E-state index in [1.54, 1.807) is 11.3 Å². The van der Waals surface area contributed by atoms with Crippen LogP contribution in [0, 0.1) is 0 Å². The summed E-state index contributed by atoms with van der Waals surface area (Å²) in [4.78, 5) is 2.29. The molecule has 1 aromatic rings. The van der Waals surface area contributed by atoms with Crippen molar-refractivity contribution in [3.05, 3.63) is 5.01 Å². The highest BCUT2D eigenvalue weighted by Gasteiger charge is 2.10. The molecule has 1 rings (SSSR count). The van der Waals surface area contributed by atoms with Gasteiger partial charge in [0.2, 0.25) is 5.13 Å². The highest BCUT2D eigenvalue weighted by Crippen LogP contribution is 2.16. The normalized spacial score (nSPS) is 11.2. The van der Waals surface area contributed by atoms with Crippen molar-refractivity contribution in [1.82, 2.24) is 15.1 Å². The Bertz CT molecular complexity index is 339. The van der Waals surface area contributed by atoms with E-state index in [0.29, 0.717) is 0 Å². The van der Waals surface area contributed by atoms with Crippen molar-refractivity contribution < 1.29 is 9.47 Å². The van der Waals surface area contributed by atoms with E-state index in [0.717, 1.165) is 62.7 Å². The molecule has 0 saturated carbocycles. The number of nitrogens with one attached hydrogen (secondary N) is 1. The fraction of sp³-hybridized carbons (Fsp3) is 0.846. The molecule has 0 spiro atoms. The van der Waals surface area contributed by atoms with Crippen LogP contribution in [0.4, 0.5) is 5.13 Å². The Hall–Kier alpha value is -0.760. The van der Waals surface area contributed by atoms with Crippen molar-refractivity contribution >= 4 is 16.5 Å². The zero-order valence-corrected chi connectivity index (χ0v) is 13.5. The Kier molecular flexibility index (Phi) is 9.48. The summed E-state index contributed by atoms with van der Waals surface area (Å²) in [5.41, 5.74) is 0. The molecule has 0 fully saturated rings. The van der Waals surface area contributed by atoms with Crippen LogP contribution in [0.2, 0.25) is 0 Å². The van der Waals surface area contributed by atoms with Gasteiger partial charge in [-0.25, -0.2) is 0 Å². The number of anilines is 1. The highest BCUT2D eigenvalue weighted by atomic mass is 32.1. The maximum atomic E-state index is 5.42. The van der Waals surface area contributed by atoms with Gasteiger partial charge in [0, 0.05) is 32.8 Å². The molecule has 0 atom stereocenters. The van der Waals surface area contributed by atoms with E-state index < -0.39 is 0 Å². The second kappa shape index (κ2) is 11.0. The average Bonchev–Trinajstić information content (AvgIpc) is 2.87. The van der Waals surface area contributed by atoms with Crippen molar-refractivity contribution in [2.75, 3.05) is 51.4 Å². The molecule has 0 aliphatic carbocycles. The van der Waals surface area contributed by atoms with E-state index >= 15 is 0 Å². The van der Waals surface area contributed by atoms with E-state index in [2.05, 4.69) is 27.3 Å². The average molecular weight is 302 g/mol. The molecule has 0 aliphatic rings. The summed E-state index contributed by atoms with van der Waals surface area (Å²) < 4.78 is 10.8. The molecule has 1 heterocycles. The van der Waals surface area contributed by atoms with E-state index in [-0.39, 0.29) is 0 Å². The lowest BCUT2D eigenvalue weighted by atomic mass is 10.4. The van der Waals surface area contributed by atoms with Gasteiger partial charge in [-0.05, 0) is 20.8 Å². The summed E-state index contributed by atoms with van der Waals surface area (Å²) in [5, 5.41) is 13.4. The van der Waals surface area contributed by atoms with Gasteiger partial charge in [0.1, 0.15) is 5.01 Å². The van der Waals surface area contributed by atoms with Crippen molar-refractivity contribution in [3.8, 4) is 0 Å². The molecular formula is C13H26N4O2S. The molecule has 20 heavy (non-hydrogen) atoms. The highest BCUT2D eigenvalue weighted by molar-refractivity contribution is 7.15. The molecule has 1 aromatic heterocycles. The first-order valence-electron chi connectivity index (χ1n) is 7.24. The fourth-order valence-electron chi connectivity index (χ4n) is 1.68. The maximum Gasteiger partial charge on any atom is 0.205 e. The lowest BCUT2D eigenvalue weighted by Crippen LogP contribution is -2.30. The van der Waals surface area contributed by atoms with Gasteiger partial charge in [-0.3, -0.25) is 4.90 Å². The van der Waals surface area contributed by atoms with Crippen molar-refractivity contribution in [1.29, 1.82) is 0 Å². The van der Waals surface area contributed by atoms with Crippen LogP contribution in [-0.4, -0.2) is 61.2 Å². The first-order chi connectivity index (χ1) is 9.80. The lowest BCUT2D eigenvalue weighted by Gasteiger charge is -2.20. The smallest absolute Gasteiger partial charge is 0.205 e. The minimum atomic E-state index is 0.738. The van der Waals surface area contributed by atoms with E-state index in [1.165, 1.54) is 0 Å². The first-order valence-corrected chi connectivity index (χ1v) is 8.05. The van der Waals surface area contributed by atoms with Crippen LogP contribution < -0.4 is 5.32 Å². The van der Waals surface area contributed by atoms with Crippen LogP contribution in [0.25, 0.3) is 0 Å². The molecule has 0 aliphatic heterocycles. The number of aromatic nitrogens is 2. The minimum Gasteiger partial charge on any atom is -0.380 e. The summed E-state index contributed by atoms with van der Waals surface area (Å²) in [6.45, 7) is 12.5. The summed E-state index contributed by atoms with van der Waals surface area (Å²) in [7, 11) is 0. The standard InChI is InChI=1S/C13H26N4O2S/c1-4-14-13-16-15-12(20-13)11-17(7-9-18-5-2)8-10-19-6-3/h4-11H2,1-3H3,(H,14,16). The third kappa shape index (κ3) is 7.14. The SMILES string of the molecule is CCNc1nnc(CN(CCOCC)CCOCC)s1. The van der Waals surface area contributed by atoms with Crippen LogP contribution in [0.5, 0.6) is 0 Å².